The average molecular weight is 473 g/mol. The van der Waals surface area contributed by atoms with Crippen LogP contribution in [0.15, 0.2) is 28.0 Å². The third-order valence-corrected chi connectivity index (χ3v) is 7.17. The van der Waals surface area contributed by atoms with Gasteiger partial charge in [-0.1, -0.05) is 42.9 Å². The van der Waals surface area contributed by atoms with Crippen molar-refractivity contribution in [3.63, 3.8) is 0 Å². The van der Waals surface area contributed by atoms with Gasteiger partial charge in [0.05, 0.1) is 10.5 Å². The molecule has 1 saturated heterocycles. The molecule has 1 N–H and O–H groups in total. The molecule has 0 aromatic carbocycles. The SMILES string of the molecule is CCOCCCNc1nc2c(C)cccn2c(=O)c1/C=C1/SC(=S)N(C2CCCC2)C1=O. The van der Waals surface area contributed by atoms with Crippen molar-refractivity contribution in [1.82, 2.24) is 14.3 Å². The molecule has 1 aliphatic heterocycles. The van der Waals surface area contributed by atoms with Gasteiger partial charge in [0, 0.05) is 32.0 Å². The van der Waals surface area contributed by atoms with Crippen LogP contribution in [-0.4, -0.2) is 50.3 Å². The van der Waals surface area contributed by atoms with Gasteiger partial charge in [-0.25, -0.2) is 4.98 Å². The van der Waals surface area contributed by atoms with Crippen LogP contribution in [0.4, 0.5) is 5.82 Å². The summed E-state index contributed by atoms with van der Waals surface area (Å²) in [5.41, 5.74) is 1.66. The summed E-state index contributed by atoms with van der Waals surface area (Å²) in [6.07, 6.45) is 8.34. The number of amides is 1. The van der Waals surface area contributed by atoms with Crippen LogP contribution in [0.25, 0.3) is 11.7 Å². The van der Waals surface area contributed by atoms with Crippen molar-refractivity contribution in [2.75, 3.05) is 25.1 Å². The molecule has 1 aliphatic carbocycles. The number of pyridine rings is 1. The Morgan fingerprint density at radius 3 is 2.88 bits per heavy atom. The Balaban J connectivity index is 1.71. The molecule has 0 unspecified atom stereocenters. The molecule has 1 saturated carbocycles. The number of fused-ring (bicyclic) bond motifs is 1. The van der Waals surface area contributed by atoms with Crippen molar-refractivity contribution in [3.05, 3.63) is 44.7 Å². The molecule has 2 fully saturated rings. The fourth-order valence-corrected chi connectivity index (χ4v) is 5.57. The van der Waals surface area contributed by atoms with E-state index in [1.807, 2.05) is 26.0 Å². The van der Waals surface area contributed by atoms with Crippen LogP contribution in [0, 0.1) is 6.92 Å². The number of carbonyl (C=O) groups excluding carboxylic acids is 1. The number of nitrogens with one attached hydrogen (secondary N) is 1. The van der Waals surface area contributed by atoms with Crippen LogP contribution in [0.2, 0.25) is 0 Å². The number of hydrogen-bond donors (Lipinski definition) is 1. The van der Waals surface area contributed by atoms with Gasteiger partial charge in [-0.15, -0.1) is 0 Å². The van der Waals surface area contributed by atoms with Crippen molar-refractivity contribution in [2.24, 2.45) is 0 Å². The summed E-state index contributed by atoms with van der Waals surface area (Å²) in [4.78, 5) is 33.5. The molecule has 2 aromatic heterocycles. The number of aromatic nitrogens is 2. The van der Waals surface area contributed by atoms with Gasteiger partial charge in [0.15, 0.2) is 0 Å². The molecule has 170 valence electrons. The van der Waals surface area contributed by atoms with Crippen molar-refractivity contribution >= 4 is 51.7 Å². The highest BCUT2D eigenvalue weighted by atomic mass is 32.2. The van der Waals surface area contributed by atoms with Crippen molar-refractivity contribution in [2.45, 2.75) is 52.0 Å². The minimum absolute atomic E-state index is 0.108. The highest BCUT2D eigenvalue weighted by Gasteiger charge is 2.38. The number of anilines is 1. The van der Waals surface area contributed by atoms with Crippen LogP contribution in [0.3, 0.4) is 0 Å². The highest BCUT2D eigenvalue weighted by molar-refractivity contribution is 8.26. The smallest absolute Gasteiger partial charge is 0.267 e. The zero-order valence-corrected chi connectivity index (χ0v) is 20.1. The van der Waals surface area contributed by atoms with Gasteiger partial charge in [-0.2, -0.15) is 0 Å². The third-order valence-electron chi connectivity index (χ3n) is 5.84. The molecule has 2 aliphatic rings. The van der Waals surface area contributed by atoms with Gasteiger partial charge in [0.2, 0.25) is 0 Å². The minimum Gasteiger partial charge on any atom is -0.382 e. The van der Waals surface area contributed by atoms with Gasteiger partial charge in [0.1, 0.15) is 15.8 Å². The number of carbonyl (C=O) groups is 1. The standard InChI is InChI=1S/C23H28N4O3S2/c1-3-30-13-7-11-24-19-17(21(28)26-12-6-8-15(2)20(26)25-19)14-18-22(29)27(23(31)32-18)16-9-4-5-10-16/h6,8,12,14,16,24H,3-5,7,9-11,13H2,1-2H3/b18-14+. The Kier molecular flexibility index (Phi) is 7.27. The number of thiocarbonyl (C=S) groups is 1. The van der Waals surface area contributed by atoms with Gasteiger partial charge in [0.25, 0.3) is 11.5 Å². The van der Waals surface area contributed by atoms with E-state index in [1.165, 1.54) is 16.2 Å². The molecular weight excluding hydrogens is 444 g/mol. The number of aryl methyl sites for hydroxylation is 1. The van der Waals surface area contributed by atoms with Gasteiger partial charge >= 0.3 is 0 Å². The van der Waals surface area contributed by atoms with Crippen LogP contribution < -0.4 is 10.9 Å². The van der Waals surface area contributed by atoms with Crippen LogP contribution in [-0.2, 0) is 9.53 Å². The fraction of sp³-hybridized carbons (Fsp3) is 0.478. The molecule has 0 radical (unpaired) electrons. The first-order valence-electron chi connectivity index (χ1n) is 11.1. The van der Waals surface area contributed by atoms with E-state index in [-0.39, 0.29) is 17.5 Å². The number of rotatable bonds is 8. The number of nitrogens with zero attached hydrogens (tertiary/aromatic N) is 3. The van der Waals surface area contributed by atoms with Gasteiger partial charge in [-0.3, -0.25) is 18.9 Å². The fourth-order valence-electron chi connectivity index (χ4n) is 4.19. The van der Waals surface area contributed by atoms with E-state index >= 15 is 0 Å². The third kappa shape index (κ3) is 4.60. The molecule has 0 bridgehead atoms. The van der Waals surface area contributed by atoms with Crippen LogP contribution >= 0.6 is 24.0 Å². The summed E-state index contributed by atoms with van der Waals surface area (Å²) in [6, 6.07) is 3.92. The molecule has 0 atom stereocenters. The molecule has 32 heavy (non-hydrogen) atoms. The van der Waals surface area contributed by atoms with E-state index in [4.69, 9.17) is 21.9 Å². The normalized spacial score (nSPS) is 18.4. The lowest BCUT2D eigenvalue weighted by molar-refractivity contribution is -0.123. The monoisotopic (exact) mass is 472 g/mol. The molecule has 7 nitrogen and oxygen atoms in total. The molecule has 4 rings (SSSR count). The first-order valence-corrected chi connectivity index (χ1v) is 12.3. The molecule has 9 heteroatoms. The van der Waals surface area contributed by atoms with Crippen molar-refractivity contribution < 1.29 is 9.53 Å². The Labute approximate surface area is 197 Å². The summed E-state index contributed by atoms with van der Waals surface area (Å²) in [7, 11) is 0. The highest BCUT2D eigenvalue weighted by Crippen LogP contribution is 2.38. The second-order valence-corrected chi connectivity index (χ2v) is 9.71. The summed E-state index contributed by atoms with van der Waals surface area (Å²) in [6.45, 7) is 5.79. The molecule has 2 aromatic rings. The van der Waals surface area contributed by atoms with E-state index in [2.05, 4.69) is 5.32 Å². The van der Waals surface area contributed by atoms with E-state index in [0.717, 1.165) is 37.7 Å². The number of thioether (sulfide) groups is 1. The van der Waals surface area contributed by atoms with E-state index < -0.39 is 0 Å². The second-order valence-electron chi connectivity index (χ2n) is 8.03. The zero-order chi connectivity index (χ0) is 22.7. The van der Waals surface area contributed by atoms with Crippen molar-refractivity contribution in [3.8, 4) is 0 Å². The predicted octanol–water partition coefficient (Wildman–Crippen LogP) is 3.99. The maximum absolute atomic E-state index is 13.4. The Bertz CT molecular complexity index is 1120. The maximum Gasteiger partial charge on any atom is 0.267 e. The van der Waals surface area contributed by atoms with Gasteiger partial charge < -0.3 is 10.1 Å². The zero-order valence-electron chi connectivity index (χ0n) is 18.4. The van der Waals surface area contributed by atoms with Gasteiger partial charge in [-0.05, 0) is 50.8 Å². The first kappa shape index (κ1) is 22.9. The molecule has 0 spiro atoms. The maximum atomic E-state index is 13.4. The Morgan fingerprint density at radius 1 is 1.34 bits per heavy atom. The Hall–Kier alpha value is -2.23. The lowest BCUT2D eigenvalue weighted by Gasteiger charge is -2.21. The van der Waals surface area contributed by atoms with E-state index in [9.17, 15) is 9.59 Å². The molecular formula is C23H28N4O3S2. The predicted molar refractivity (Wildman–Crippen MR) is 133 cm³/mol. The second kappa shape index (κ2) is 10.1. The quantitative estimate of drug-likeness (QED) is 0.354. The number of ether oxygens (including phenoxy) is 1. The molecule has 3 heterocycles. The summed E-state index contributed by atoms with van der Waals surface area (Å²) in [5, 5.41) is 3.28. The summed E-state index contributed by atoms with van der Waals surface area (Å²) < 4.78 is 7.51. The molecule has 1 amide bonds. The number of hydrogen-bond acceptors (Lipinski definition) is 7. The lowest BCUT2D eigenvalue weighted by Crippen LogP contribution is -2.36. The largest absolute Gasteiger partial charge is 0.382 e. The minimum atomic E-state index is -0.211. The van der Waals surface area contributed by atoms with E-state index in [1.54, 1.807) is 17.2 Å². The summed E-state index contributed by atoms with van der Waals surface area (Å²) >= 11 is 6.79. The van der Waals surface area contributed by atoms with Crippen LogP contribution in [0.5, 0.6) is 0 Å². The first-order chi connectivity index (χ1) is 15.5. The van der Waals surface area contributed by atoms with Crippen LogP contribution in [0.1, 0.15) is 50.2 Å². The van der Waals surface area contributed by atoms with Crippen molar-refractivity contribution in [1.29, 1.82) is 0 Å². The average Bonchev–Trinajstić information content (AvgIpc) is 3.39. The van der Waals surface area contributed by atoms with E-state index in [0.29, 0.717) is 46.0 Å². The topological polar surface area (TPSA) is 75.9 Å². The lowest BCUT2D eigenvalue weighted by atomic mass is 10.2. The summed E-state index contributed by atoms with van der Waals surface area (Å²) in [5.74, 6) is 0.370. The Morgan fingerprint density at radius 2 is 2.12 bits per heavy atom.